The maximum atomic E-state index is 12.2. The van der Waals surface area contributed by atoms with Crippen LogP contribution in [-0.2, 0) is 20.4 Å². The van der Waals surface area contributed by atoms with Crippen LogP contribution in [0.2, 0.25) is 0 Å². The summed E-state index contributed by atoms with van der Waals surface area (Å²) in [6.07, 6.45) is 0. The minimum Gasteiger partial charge on any atom is -0.497 e. The first-order valence-electron chi connectivity index (χ1n) is 5.83. The van der Waals surface area contributed by atoms with Crippen molar-refractivity contribution in [2.75, 3.05) is 21.2 Å². The predicted octanol–water partition coefficient (Wildman–Crippen LogP) is 1.09. The van der Waals surface area contributed by atoms with Gasteiger partial charge in [-0.2, -0.15) is 0 Å². The van der Waals surface area contributed by atoms with Crippen molar-refractivity contribution in [3.63, 3.8) is 0 Å². The number of carbonyl (C=O) groups excluding carboxylic acids is 1. The van der Waals surface area contributed by atoms with Crippen LogP contribution in [0.1, 0.15) is 12.5 Å². The zero-order valence-corrected chi connectivity index (χ0v) is 12.4. The average Bonchev–Trinajstić information content (AvgIpc) is 2.36. The van der Waals surface area contributed by atoms with Crippen LogP contribution in [0.25, 0.3) is 0 Å². The van der Waals surface area contributed by atoms with Gasteiger partial charge >= 0.3 is 0 Å². The Hall–Kier alpha value is -1.56. The van der Waals surface area contributed by atoms with E-state index >= 15 is 0 Å². The highest BCUT2D eigenvalue weighted by Crippen LogP contribution is 2.17. The second kappa shape index (κ2) is 6.06. The Balaban J connectivity index is 2.93. The Morgan fingerprint density at radius 3 is 2.53 bits per heavy atom. The van der Waals surface area contributed by atoms with Gasteiger partial charge in [0.15, 0.2) is 9.84 Å². The van der Waals surface area contributed by atoms with Crippen molar-refractivity contribution in [1.29, 1.82) is 0 Å². The standard InChI is InChI=1S/C13H19NO4S/c1-10(13(15)14(2)3)19(16,17)9-11-6-5-7-12(8-11)18-4/h5-8,10H,9H2,1-4H3. The van der Waals surface area contributed by atoms with E-state index in [4.69, 9.17) is 4.74 Å². The Labute approximate surface area is 114 Å². The quantitative estimate of drug-likeness (QED) is 0.812. The Morgan fingerprint density at radius 1 is 1.37 bits per heavy atom. The predicted molar refractivity (Wildman–Crippen MR) is 73.8 cm³/mol. The van der Waals surface area contributed by atoms with Gasteiger partial charge in [-0.15, -0.1) is 0 Å². The summed E-state index contributed by atoms with van der Waals surface area (Å²) in [4.78, 5) is 13.0. The highest BCUT2D eigenvalue weighted by Gasteiger charge is 2.29. The Morgan fingerprint density at radius 2 is 2.00 bits per heavy atom. The second-order valence-electron chi connectivity index (χ2n) is 4.53. The summed E-state index contributed by atoms with van der Waals surface area (Å²) in [5, 5.41) is -1.05. The fraction of sp³-hybridized carbons (Fsp3) is 0.462. The highest BCUT2D eigenvalue weighted by molar-refractivity contribution is 7.92. The maximum absolute atomic E-state index is 12.2. The average molecular weight is 285 g/mol. The van der Waals surface area contributed by atoms with Gasteiger partial charge < -0.3 is 9.64 Å². The molecule has 0 aliphatic rings. The van der Waals surface area contributed by atoms with E-state index in [0.717, 1.165) is 0 Å². The van der Waals surface area contributed by atoms with E-state index < -0.39 is 21.0 Å². The molecule has 1 rings (SSSR count). The summed E-state index contributed by atoms with van der Waals surface area (Å²) in [6, 6.07) is 6.82. The summed E-state index contributed by atoms with van der Waals surface area (Å²) >= 11 is 0. The second-order valence-corrected chi connectivity index (χ2v) is 6.86. The van der Waals surface area contributed by atoms with Crippen LogP contribution in [0.3, 0.4) is 0 Å². The molecule has 19 heavy (non-hydrogen) atoms. The van der Waals surface area contributed by atoms with Crippen LogP contribution < -0.4 is 4.74 Å². The number of ether oxygens (including phenoxy) is 1. The summed E-state index contributed by atoms with van der Waals surface area (Å²) in [5.74, 6) is 0.00693. The molecule has 0 aromatic heterocycles. The van der Waals surface area contributed by atoms with Crippen molar-refractivity contribution in [2.24, 2.45) is 0 Å². The molecule has 1 aromatic carbocycles. The van der Waals surface area contributed by atoms with Crippen molar-refractivity contribution >= 4 is 15.7 Å². The third-order valence-electron chi connectivity index (χ3n) is 2.83. The van der Waals surface area contributed by atoms with Crippen LogP contribution in [0.15, 0.2) is 24.3 Å². The summed E-state index contributed by atoms with van der Waals surface area (Å²) in [5.41, 5.74) is 0.609. The molecule has 0 bridgehead atoms. The molecule has 0 aliphatic carbocycles. The molecular formula is C13H19NO4S. The summed E-state index contributed by atoms with van der Waals surface area (Å²) < 4.78 is 29.4. The van der Waals surface area contributed by atoms with Gasteiger partial charge in [-0.25, -0.2) is 8.42 Å². The third kappa shape index (κ3) is 3.96. The minimum atomic E-state index is -3.53. The monoisotopic (exact) mass is 285 g/mol. The van der Waals surface area contributed by atoms with Crippen LogP contribution in [0.4, 0.5) is 0 Å². The number of benzene rings is 1. The number of sulfone groups is 1. The van der Waals surface area contributed by atoms with Crippen LogP contribution >= 0.6 is 0 Å². The van der Waals surface area contributed by atoms with Gasteiger partial charge in [0.05, 0.1) is 12.9 Å². The molecule has 0 saturated carbocycles. The van der Waals surface area contributed by atoms with E-state index in [1.54, 1.807) is 38.4 Å². The molecule has 1 aromatic rings. The SMILES string of the molecule is COc1cccc(CS(=O)(=O)C(C)C(=O)N(C)C)c1. The molecule has 0 fully saturated rings. The van der Waals surface area contributed by atoms with Gasteiger partial charge in [-0.05, 0) is 24.6 Å². The lowest BCUT2D eigenvalue weighted by molar-refractivity contribution is -0.127. The molecule has 6 heteroatoms. The van der Waals surface area contributed by atoms with E-state index in [0.29, 0.717) is 11.3 Å². The van der Waals surface area contributed by atoms with E-state index in [2.05, 4.69) is 0 Å². The molecule has 0 aliphatic heterocycles. The van der Waals surface area contributed by atoms with Crippen molar-refractivity contribution in [3.8, 4) is 5.75 Å². The van der Waals surface area contributed by atoms with Gasteiger partial charge in [0, 0.05) is 14.1 Å². The van der Waals surface area contributed by atoms with Crippen molar-refractivity contribution in [2.45, 2.75) is 17.9 Å². The molecule has 0 heterocycles. The molecule has 1 amide bonds. The topological polar surface area (TPSA) is 63.7 Å². The van der Waals surface area contributed by atoms with Crippen LogP contribution in [-0.4, -0.2) is 45.7 Å². The van der Waals surface area contributed by atoms with Crippen molar-refractivity contribution in [3.05, 3.63) is 29.8 Å². The first kappa shape index (κ1) is 15.5. The molecular weight excluding hydrogens is 266 g/mol. The molecule has 0 saturated heterocycles. The third-order valence-corrected chi connectivity index (χ3v) is 4.84. The molecule has 0 spiro atoms. The number of hydrogen-bond acceptors (Lipinski definition) is 4. The molecule has 5 nitrogen and oxygen atoms in total. The first-order chi connectivity index (χ1) is 8.77. The van der Waals surface area contributed by atoms with E-state index in [1.165, 1.54) is 18.9 Å². The smallest absolute Gasteiger partial charge is 0.240 e. The van der Waals surface area contributed by atoms with Gasteiger partial charge in [0.25, 0.3) is 0 Å². The highest BCUT2D eigenvalue weighted by atomic mass is 32.2. The van der Waals surface area contributed by atoms with E-state index in [-0.39, 0.29) is 5.75 Å². The molecule has 0 N–H and O–H groups in total. The number of hydrogen-bond donors (Lipinski definition) is 0. The summed E-state index contributed by atoms with van der Waals surface area (Å²) in [7, 11) is 1.07. The number of nitrogens with zero attached hydrogens (tertiary/aromatic N) is 1. The lowest BCUT2D eigenvalue weighted by Gasteiger charge is -2.17. The molecule has 1 unspecified atom stereocenters. The number of methoxy groups -OCH3 is 1. The Bertz CT molecular complexity index is 552. The van der Waals surface area contributed by atoms with Gasteiger partial charge in [-0.3, -0.25) is 4.79 Å². The molecule has 1 atom stereocenters. The van der Waals surface area contributed by atoms with Gasteiger partial charge in [0.2, 0.25) is 5.91 Å². The van der Waals surface area contributed by atoms with Gasteiger partial charge in [-0.1, -0.05) is 12.1 Å². The fourth-order valence-corrected chi connectivity index (χ4v) is 3.05. The zero-order chi connectivity index (χ0) is 14.6. The lowest BCUT2D eigenvalue weighted by Crippen LogP contribution is -2.37. The number of amides is 1. The van der Waals surface area contributed by atoms with Crippen LogP contribution in [0.5, 0.6) is 5.75 Å². The maximum Gasteiger partial charge on any atom is 0.240 e. The van der Waals surface area contributed by atoms with E-state index in [1.807, 2.05) is 0 Å². The summed E-state index contributed by atoms with van der Waals surface area (Å²) in [6.45, 7) is 1.41. The Kier molecular flexibility index (Phi) is 4.94. The van der Waals surface area contributed by atoms with E-state index in [9.17, 15) is 13.2 Å². The first-order valence-corrected chi connectivity index (χ1v) is 7.55. The molecule has 106 valence electrons. The zero-order valence-electron chi connectivity index (χ0n) is 11.6. The lowest BCUT2D eigenvalue weighted by atomic mass is 10.2. The van der Waals surface area contributed by atoms with Crippen molar-refractivity contribution in [1.82, 2.24) is 4.90 Å². The van der Waals surface area contributed by atoms with Crippen molar-refractivity contribution < 1.29 is 17.9 Å². The number of rotatable bonds is 5. The minimum absolute atomic E-state index is 0.176. The van der Waals surface area contributed by atoms with Crippen LogP contribution in [0, 0.1) is 0 Å². The fourth-order valence-electron chi connectivity index (χ4n) is 1.64. The number of carbonyl (C=O) groups is 1. The normalized spacial score (nSPS) is 12.8. The largest absolute Gasteiger partial charge is 0.497 e. The van der Waals surface area contributed by atoms with Gasteiger partial charge in [0.1, 0.15) is 11.0 Å². The molecule has 0 radical (unpaired) electrons.